The molecule has 2 aromatic heterocycles. The molecule has 98 heavy (non-hydrogen) atoms. The molecular formula is C56H89N7O35. The van der Waals surface area contributed by atoms with E-state index in [1.165, 1.54) is 24.0 Å². The second-order valence-electron chi connectivity index (χ2n) is 25.3. The zero-order valence-electron chi connectivity index (χ0n) is 52.8. The van der Waals surface area contributed by atoms with Crippen molar-refractivity contribution < 1.29 is 173 Å². The van der Waals surface area contributed by atoms with Crippen molar-refractivity contribution in [3.05, 3.63) is 23.8 Å². The number of nitrogens with zero attached hydrogens (tertiary/aromatic N) is 6. The van der Waals surface area contributed by atoms with Crippen LogP contribution < -0.4 is 5.32 Å². The standard InChI is InChI=1S/C56H89N7O35/c1-18-9-62(60-58-18)11-22-43-29(71)36(78)50(85-22)94-45-24(13-64)89-55(40(82)33(45)75)98-49-28(17-68)91-56(42(84)35(49)77)97-48-27(16-67)88-53(39(81)32(48)74)93-44-23(12-63-10-20(59-61-63)21(70)6-4-8-57-7-3-5-19(2)69)86-51(37(79)30(44)72)95-46-25(14-65)90-54(41(83)34(46)76)96-47-26(15-66)87-52(92-43)38(80)31(47)73/h9-10,22-57,64-68,71-84H,3-8,11-17H2,1-2H3/t22?,23?,24?,25?,26?,27?,28?,29-,30-,31-,32-,33-,34-,35-,36?,37?,38?,39?,40?,41?,42?,43-,44-,45-,46-,47-,48-,49-,50+,51+,52+,53-,54+,55-,56-/m1/s1. The summed E-state index contributed by atoms with van der Waals surface area (Å²) in [5.74, 6) is -0.427. The lowest BCUT2D eigenvalue weighted by Crippen LogP contribution is -2.68. The number of carbonyl (C=O) groups excluding carboxylic acids is 2. The molecule has 42 nitrogen and oxygen atoms in total. The van der Waals surface area contributed by atoms with Crippen LogP contribution in [0, 0.1) is 6.92 Å². The first-order valence-corrected chi connectivity index (χ1v) is 32.0. The molecule has 23 heterocycles. The summed E-state index contributed by atoms with van der Waals surface area (Å²) in [6.45, 7) is -2.32. The van der Waals surface area contributed by atoms with Gasteiger partial charge in [0.05, 0.1) is 58.0 Å². The Bertz CT molecular complexity index is 2830. The Morgan fingerprint density at radius 3 is 0.888 bits per heavy atom. The van der Waals surface area contributed by atoms with Crippen molar-refractivity contribution in [2.45, 2.75) is 268 Å². The summed E-state index contributed by atoms with van der Waals surface area (Å²) in [5, 5.41) is 236. The molecule has 42 heteroatoms. The van der Waals surface area contributed by atoms with Crippen LogP contribution in [0.4, 0.5) is 0 Å². The second-order valence-corrected chi connectivity index (χ2v) is 25.3. The third-order valence-corrected chi connectivity index (χ3v) is 18.3. The largest absolute Gasteiger partial charge is 0.394 e. The van der Waals surface area contributed by atoms with Crippen LogP contribution >= 0.6 is 0 Å². The summed E-state index contributed by atoms with van der Waals surface area (Å²) in [7, 11) is 0. The number of Topliss-reactive ketones (excluding diaryl/α,β-unsaturated/α-hetero) is 2. The molecule has 14 bridgehead atoms. The molecule has 20 N–H and O–H groups in total. The number of aliphatic hydroxyl groups excluding tert-OH is 19. The number of carbonyl (C=O) groups is 2. The van der Waals surface area contributed by atoms with Crippen LogP contribution in [-0.4, -0.2) is 400 Å². The molecular weight excluding hydrogens is 1330 g/mol. The van der Waals surface area contributed by atoms with Gasteiger partial charge in [-0.15, -0.1) is 10.2 Å². The molecule has 0 amide bonds. The summed E-state index contributed by atoms with van der Waals surface area (Å²) in [5.41, 5.74) is 0.246. The molecule has 0 radical (unpaired) electrons. The summed E-state index contributed by atoms with van der Waals surface area (Å²) < 4.78 is 85.3. The van der Waals surface area contributed by atoms with Gasteiger partial charge in [0.2, 0.25) is 0 Å². The van der Waals surface area contributed by atoms with Crippen molar-refractivity contribution in [2.75, 3.05) is 46.1 Å². The van der Waals surface area contributed by atoms with E-state index in [9.17, 15) is 107 Å². The van der Waals surface area contributed by atoms with E-state index in [0.717, 1.165) is 4.68 Å². The Hall–Kier alpha value is -3.74. The highest BCUT2D eigenvalue weighted by molar-refractivity contribution is 5.93. The number of aryl methyl sites for hydroxylation is 1. The zero-order chi connectivity index (χ0) is 70.7. The highest BCUT2D eigenvalue weighted by atomic mass is 16.8. The fraction of sp³-hybridized carbons (Fsp3) is 0.893. The maximum atomic E-state index is 13.3. The summed E-state index contributed by atoms with van der Waals surface area (Å²) >= 11 is 0. The molecule has 0 aromatic carbocycles. The molecule has 21 aliphatic heterocycles. The summed E-state index contributed by atoms with van der Waals surface area (Å²) in [6, 6.07) is 0. The van der Waals surface area contributed by atoms with Gasteiger partial charge in [-0.1, -0.05) is 10.4 Å². The third-order valence-electron chi connectivity index (χ3n) is 18.3. The van der Waals surface area contributed by atoms with Crippen molar-refractivity contribution in [3.63, 3.8) is 0 Å². The fourth-order valence-corrected chi connectivity index (χ4v) is 12.9. The minimum Gasteiger partial charge on any atom is -0.394 e. The average Bonchev–Trinajstić information content (AvgIpc) is 0.946. The van der Waals surface area contributed by atoms with Crippen molar-refractivity contribution >= 4 is 11.6 Å². The average molecular weight is 1420 g/mol. The Labute approximate surface area is 556 Å². The van der Waals surface area contributed by atoms with Crippen molar-refractivity contribution in [3.8, 4) is 0 Å². The van der Waals surface area contributed by atoms with Gasteiger partial charge in [-0.05, 0) is 39.8 Å². The van der Waals surface area contributed by atoms with E-state index >= 15 is 0 Å². The monoisotopic (exact) mass is 1420 g/mol. The van der Waals surface area contributed by atoms with Crippen LogP contribution in [0.25, 0.3) is 0 Å². The van der Waals surface area contributed by atoms with Crippen molar-refractivity contribution in [2.24, 2.45) is 0 Å². The first kappa shape index (κ1) is 76.9. The molecule has 2 aromatic rings. The SMILES string of the molecule is CC(=O)CCCNCCCC(=O)c1cn(CC2O[C@H]3O[C@@H]4C(CO)O[C@@H](O[C@@H]5C(CO)O[C@@H](O[C@@H]6C(Cn7cc(C)nn7)O[C@@H](O[C@@H]7C(CO)O[C@H](O[C@@H]8C(CO)O[C@H](O[C@@H]9C(CO)O[C@H](O[C@H]2[C@H](O)C3O)C(O)[C@H]9O)C(O)[C@H]8O)C(O)[C@H]7O)C(O)[C@H]6O)C(O)[C@H]5O)C(O)[C@H]4O)nn1. The lowest BCUT2D eigenvalue weighted by Gasteiger charge is -2.50. The zero-order valence-corrected chi connectivity index (χ0v) is 52.8. The molecule has 21 fully saturated rings. The summed E-state index contributed by atoms with van der Waals surface area (Å²) in [6.07, 6.45) is -67.1. The molecule has 35 atom stereocenters. The number of aliphatic hydroxyl groups is 19. The Morgan fingerprint density at radius 1 is 0.367 bits per heavy atom. The molecule has 21 saturated heterocycles. The number of hydrogen-bond acceptors (Lipinski definition) is 40. The highest BCUT2D eigenvalue weighted by Gasteiger charge is 2.60. The molecule has 21 aliphatic rings. The smallest absolute Gasteiger partial charge is 0.187 e. The third kappa shape index (κ3) is 16.7. The van der Waals surface area contributed by atoms with Gasteiger partial charge in [-0.2, -0.15) is 0 Å². The Morgan fingerprint density at radius 2 is 0.622 bits per heavy atom. The van der Waals surface area contributed by atoms with E-state index in [4.69, 9.17) is 66.3 Å². The van der Waals surface area contributed by atoms with E-state index in [2.05, 4.69) is 25.9 Å². The van der Waals surface area contributed by atoms with Gasteiger partial charge >= 0.3 is 0 Å². The quantitative estimate of drug-likeness (QED) is 0.0487. The topological polar surface area (TPSA) is 621 Å². The van der Waals surface area contributed by atoms with Gasteiger partial charge in [-0.25, -0.2) is 9.36 Å². The maximum Gasteiger partial charge on any atom is 0.187 e. The van der Waals surface area contributed by atoms with Crippen LogP contribution in [-0.2, 0) is 84.2 Å². The maximum absolute atomic E-state index is 13.3. The van der Waals surface area contributed by atoms with E-state index in [1.807, 2.05) is 0 Å². The van der Waals surface area contributed by atoms with E-state index in [0.29, 0.717) is 38.0 Å². The normalized spacial score (nSPS) is 46.0. The summed E-state index contributed by atoms with van der Waals surface area (Å²) in [4.78, 5) is 24.6. The number of rotatable bonds is 18. The lowest BCUT2D eigenvalue weighted by atomic mass is 9.95. The van der Waals surface area contributed by atoms with Crippen LogP contribution in [0.2, 0.25) is 0 Å². The van der Waals surface area contributed by atoms with Gasteiger partial charge in [0.15, 0.2) is 49.8 Å². The molecule has 0 aliphatic carbocycles. The van der Waals surface area contributed by atoms with Gasteiger partial charge in [-0.3, -0.25) is 4.79 Å². The Kier molecular flexibility index (Phi) is 26.5. The van der Waals surface area contributed by atoms with Crippen molar-refractivity contribution in [1.82, 2.24) is 35.3 Å². The number of hydrogen-bond donors (Lipinski definition) is 20. The Balaban J connectivity index is 0.945. The highest BCUT2D eigenvalue weighted by Crippen LogP contribution is 2.39. The van der Waals surface area contributed by atoms with Gasteiger partial charge in [0.1, 0.15) is 182 Å². The van der Waals surface area contributed by atoms with Crippen LogP contribution in [0.5, 0.6) is 0 Å². The number of aromatic nitrogens is 6. The van der Waals surface area contributed by atoms with Crippen LogP contribution in [0.3, 0.4) is 0 Å². The first-order valence-electron chi connectivity index (χ1n) is 32.0. The van der Waals surface area contributed by atoms with E-state index < -0.39 is 267 Å². The molecule has 0 spiro atoms. The minimum absolute atomic E-state index is 0.00769. The van der Waals surface area contributed by atoms with E-state index in [-0.39, 0.29) is 17.9 Å². The molecule has 14 unspecified atom stereocenters. The molecule has 0 saturated carbocycles. The number of nitrogens with one attached hydrogen (secondary N) is 1. The van der Waals surface area contributed by atoms with Crippen LogP contribution in [0.1, 0.15) is 48.8 Å². The van der Waals surface area contributed by atoms with E-state index in [1.54, 1.807) is 6.92 Å². The first-order chi connectivity index (χ1) is 46.8. The van der Waals surface area contributed by atoms with Crippen LogP contribution in [0.15, 0.2) is 12.4 Å². The fourth-order valence-electron chi connectivity index (χ4n) is 12.9. The predicted octanol–water partition coefficient (Wildman–Crippen LogP) is -13.4. The van der Waals surface area contributed by atoms with Gasteiger partial charge < -0.3 is 173 Å². The van der Waals surface area contributed by atoms with Gasteiger partial charge in [0.25, 0.3) is 0 Å². The second kappa shape index (κ2) is 33.8. The van der Waals surface area contributed by atoms with Crippen molar-refractivity contribution in [1.29, 1.82) is 0 Å². The predicted molar refractivity (Wildman–Crippen MR) is 305 cm³/mol. The lowest BCUT2D eigenvalue weighted by molar-refractivity contribution is -0.396. The number of ketones is 2. The molecule has 23 rings (SSSR count). The molecule has 558 valence electrons. The van der Waals surface area contributed by atoms with Gasteiger partial charge in [0, 0.05) is 19.0 Å². The minimum atomic E-state index is -2.27. The number of ether oxygens (including phenoxy) is 14.